The van der Waals surface area contributed by atoms with E-state index in [-0.39, 0.29) is 0 Å². The summed E-state index contributed by atoms with van der Waals surface area (Å²) < 4.78 is 5.95. The SMILES string of the molecule is CCCN1CCCC(O)(c2cc3cc(C)ccc3o2)CC1. The fraction of sp³-hybridized carbons (Fsp3) is 0.556. The van der Waals surface area contributed by atoms with E-state index in [0.717, 1.165) is 55.6 Å². The van der Waals surface area contributed by atoms with Crippen LogP contribution in [0.3, 0.4) is 0 Å². The van der Waals surface area contributed by atoms with Crippen LogP contribution in [0.5, 0.6) is 0 Å². The highest BCUT2D eigenvalue weighted by Gasteiger charge is 2.35. The fourth-order valence-electron chi connectivity index (χ4n) is 3.35. The molecule has 114 valence electrons. The molecular formula is C18H25NO2. The molecule has 3 heteroatoms. The third kappa shape index (κ3) is 2.99. The molecule has 0 radical (unpaired) electrons. The largest absolute Gasteiger partial charge is 0.458 e. The molecule has 1 N–H and O–H groups in total. The Balaban J connectivity index is 1.86. The quantitative estimate of drug-likeness (QED) is 0.932. The summed E-state index contributed by atoms with van der Waals surface area (Å²) >= 11 is 0. The van der Waals surface area contributed by atoms with Gasteiger partial charge in [-0.1, -0.05) is 18.6 Å². The second kappa shape index (κ2) is 5.82. The topological polar surface area (TPSA) is 36.6 Å². The number of aryl methyl sites for hydroxylation is 1. The molecule has 2 heterocycles. The molecule has 1 atom stereocenters. The number of nitrogens with zero attached hydrogens (tertiary/aromatic N) is 1. The van der Waals surface area contributed by atoms with Crippen molar-refractivity contribution in [2.75, 3.05) is 19.6 Å². The average molecular weight is 287 g/mol. The number of fused-ring (bicyclic) bond motifs is 1. The second-order valence-electron chi connectivity index (χ2n) is 6.38. The van der Waals surface area contributed by atoms with E-state index in [4.69, 9.17) is 4.42 Å². The Kier molecular flexibility index (Phi) is 4.05. The van der Waals surface area contributed by atoms with Gasteiger partial charge in [-0.2, -0.15) is 0 Å². The van der Waals surface area contributed by atoms with Gasteiger partial charge in [-0.3, -0.25) is 0 Å². The van der Waals surface area contributed by atoms with Crippen molar-refractivity contribution in [3.63, 3.8) is 0 Å². The van der Waals surface area contributed by atoms with Crippen molar-refractivity contribution in [3.05, 3.63) is 35.6 Å². The average Bonchev–Trinajstić information content (AvgIpc) is 2.79. The summed E-state index contributed by atoms with van der Waals surface area (Å²) in [7, 11) is 0. The summed E-state index contributed by atoms with van der Waals surface area (Å²) in [6, 6.07) is 8.19. The predicted molar refractivity (Wildman–Crippen MR) is 85.4 cm³/mol. The molecule has 1 aromatic heterocycles. The minimum absolute atomic E-state index is 0.737. The lowest BCUT2D eigenvalue weighted by Gasteiger charge is -2.24. The highest BCUT2D eigenvalue weighted by molar-refractivity contribution is 5.78. The van der Waals surface area contributed by atoms with E-state index in [2.05, 4.69) is 30.9 Å². The summed E-state index contributed by atoms with van der Waals surface area (Å²) in [5.41, 5.74) is 1.28. The lowest BCUT2D eigenvalue weighted by molar-refractivity contribution is 0.00180. The van der Waals surface area contributed by atoms with Crippen LogP contribution in [-0.2, 0) is 5.60 Å². The van der Waals surface area contributed by atoms with Gasteiger partial charge in [-0.05, 0) is 63.9 Å². The zero-order valence-electron chi connectivity index (χ0n) is 13.1. The molecule has 2 aromatic rings. The van der Waals surface area contributed by atoms with E-state index in [1.54, 1.807) is 0 Å². The van der Waals surface area contributed by atoms with Crippen LogP contribution in [0.25, 0.3) is 11.0 Å². The van der Waals surface area contributed by atoms with Gasteiger partial charge in [-0.15, -0.1) is 0 Å². The molecule has 0 aliphatic carbocycles. The van der Waals surface area contributed by atoms with Crippen LogP contribution in [0.4, 0.5) is 0 Å². The van der Waals surface area contributed by atoms with Crippen molar-refractivity contribution in [1.29, 1.82) is 0 Å². The Labute approximate surface area is 126 Å². The van der Waals surface area contributed by atoms with Gasteiger partial charge in [0.05, 0.1) is 0 Å². The van der Waals surface area contributed by atoms with Crippen LogP contribution in [0.2, 0.25) is 0 Å². The van der Waals surface area contributed by atoms with Crippen molar-refractivity contribution in [2.24, 2.45) is 0 Å². The maximum Gasteiger partial charge on any atom is 0.136 e. The number of furan rings is 1. The number of hydrogen-bond acceptors (Lipinski definition) is 3. The van der Waals surface area contributed by atoms with Crippen LogP contribution in [0.15, 0.2) is 28.7 Å². The maximum atomic E-state index is 11.1. The van der Waals surface area contributed by atoms with Gasteiger partial charge in [0, 0.05) is 11.9 Å². The van der Waals surface area contributed by atoms with E-state index >= 15 is 0 Å². The fourth-order valence-corrected chi connectivity index (χ4v) is 3.35. The van der Waals surface area contributed by atoms with E-state index in [9.17, 15) is 5.11 Å². The normalized spacial score (nSPS) is 24.3. The first-order chi connectivity index (χ1) is 10.1. The first-order valence-electron chi connectivity index (χ1n) is 8.06. The first-order valence-corrected chi connectivity index (χ1v) is 8.06. The lowest BCUT2D eigenvalue weighted by atomic mass is 9.92. The zero-order chi connectivity index (χ0) is 14.9. The Hall–Kier alpha value is -1.32. The molecule has 21 heavy (non-hydrogen) atoms. The molecular weight excluding hydrogens is 262 g/mol. The summed E-state index contributed by atoms with van der Waals surface area (Å²) in [4.78, 5) is 2.45. The monoisotopic (exact) mass is 287 g/mol. The first kappa shape index (κ1) is 14.6. The smallest absolute Gasteiger partial charge is 0.136 e. The third-order valence-corrected chi connectivity index (χ3v) is 4.58. The Morgan fingerprint density at radius 2 is 2.10 bits per heavy atom. The Morgan fingerprint density at radius 1 is 1.24 bits per heavy atom. The summed E-state index contributed by atoms with van der Waals surface area (Å²) in [6.07, 6.45) is 3.73. The predicted octanol–water partition coefficient (Wildman–Crippen LogP) is 3.82. The molecule has 0 bridgehead atoms. The molecule has 0 spiro atoms. The van der Waals surface area contributed by atoms with E-state index in [0.29, 0.717) is 0 Å². The van der Waals surface area contributed by atoms with Crippen molar-refractivity contribution in [2.45, 2.75) is 45.1 Å². The number of likely N-dealkylation sites (tertiary alicyclic amines) is 1. The molecule has 0 saturated carbocycles. The van der Waals surface area contributed by atoms with Gasteiger partial charge in [-0.25, -0.2) is 0 Å². The molecule has 1 unspecified atom stereocenters. The zero-order valence-corrected chi connectivity index (χ0v) is 13.1. The number of hydrogen-bond donors (Lipinski definition) is 1. The van der Waals surface area contributed by atoms with Crippen LogP contribution in [-0.4, -0.2) is 29.6 Å². The molecule has 1 aromatic carbocycles. The number of rotatable bonds is 3. The van der Waals surface area contributed by atoms with Gasteiger partial charge in [0.15, 0.2) is 0 Å². The van der Waals surface area contributed by atoms with E-state index in [1.807, 2.05) is 12.1 Å². The summed E-state index contributed by atoms with van der Waals surface area (Å²) in [6.45, 7) is 7.43. The van der Waals surface area contributed by atoms with Crippen molar-refractivity contribution in [3.8, 4) is 0 Å². The maximum absolute atomic E-state index is 11.1. The van der Waals surface area contributed by atoms with Crippen LogP contribution in [0.1, 0.15) is 43.9 Å². The minimum Gasteiger partial charge on any atom is -0.458 e. The summed E-state index contributed by atoms with van der Waals surface area (Å²) in [5, 5.41) is 12.1. The highest BCUT2D eigenvalue weighted by Crippen LogP contribution is 2.36. The minimum atomic E-state index is -0.810. The van der Waals surface area contributed by atoms with Crippen molar-refractivity contribution < 1.29 is 9.52 Å². The van der Waals surface area contributed by atoms with Gasteiger partial charge < -0.3 is 14.4 Å². The van der Waals surface area contributed by atoms with Gasteiger partial charge in [0.1, 0.15) is 16.9 Å². The molecule has 3 rings (SSSR count). The molecule has 1 fully saturated rings. The van der Waals surface area contributed by atoms with Crippen LogP contribution >= 0.6 is 0 Å². The van der Waals surface area contributed by atoms with Gasteiger partial charge in [0.25, 0.3) is 0 Å². The molecule has 1 aliphatic heterocycles. The standard InChI is InChI=1S/C18H25NO2/c1-3-9-19-10-4-7-18(20,8-11-19)17-13-15-12-14(2)5-6-16(15)21-17/h5-6,12-13,20H,3-4,7-11H2,1-2H3. The number of benzene rings is 1. The van der Waals surface area contributed by atoms with Crippen LogP contribution in [0, 0.1) is 6.92 Å². The summed E-state index contributed by atoms with van der Waals surface area (Å²) in [5.74, 6) is 0.737. The van der Waals surface area contributed by atoms with Crippen molar-refractivity contribution >= 4 is 11.0 Å². The Morgan fingerprint density at radius 3 is 2.90 bits per heavy atom. The second-order valence-corrected chi connectivity index (χ2v) is 6.38. The van der Waals surface area contributed by atoms with Crippen molar-refractivity contribution in [1.82, 2.24) is 4.90 Å². The highest BCUT2D eigenvalue weighted by atomic mass is 16.4. The molecule has 0 amide bonds. The van der Waals surface area contributed by atoms with E-state index < -0.39 is 5.60 Å². The van der Waals surface area contributed by atoms with Gasteiger partial charge in [0.2, 0.25) is 0 Å². The van der Waals surface area contributed by atoms with Gasteiger partial charge >= 0.3 is 0 Å². The van der Waals surface area contributed by atoms with Crippen LogP contribution < -0.4 is 0 Å². The molecule has 3 nitrogen and oxygen atoms in total. The lowest BCUT2D eigenvalue weighted by Crippen LogP contribution is -2.29. The number of aliphatic hydroxyl groups is 1. The Bertz CT molecular complexity index is 619. The third-order valence-electron chi connectivity index (χ3n) is 4.58. The molecule has 1 saturated heterocycles. The molecule has 1 aliphatic rings. The van der Waals surface area contributed by atoms with E-state index in [1.165, 1.54) is 12.0 Å².